The van der Waals surface area contributed by atoms with Crippen LogP contribution < -0.4 is 15.4 Å². The van der Waals surface area contributed by atoms with Crippen LogP contribution in [0.5, 0.6) is 5.75 Å². The lowest BCUT2D eigenvalue weighted by Crippen LogP contribution is -2.10. The van der Waals surface area contributed by atoms with E-state index < -0.39 is 11.5 Å². The average Bonchev–Trinajstić information content (AvgIpc) is 3.36. The number of benzene rings is 1. The lowest BCUT2D eigenvalue weighted by molar-refractivity contribution is -0.384. The van der Waals surface area contributed by atoms with Gasteiger partial charge in [0.05, 0.1) is 4.92 Å². The van der Waals surface area contributed by atoms with E-state index in [1.807, 2.05) is 0 Å². The summed E-state index contributed by atoms with van der Waals surface area (Å²) in [5, 5.41) is 16.9. The van der Waals surface area contributed by atoms with E-state index in [-0.39, 0.29) is 35.8 Å². The second-order valence-corrected chi connectivity index (χ2v) is 5.48. The molecule has 1 aromatic heterocycles. The molecule has 10 heteroatoms. The number of nitro groups is 1. The molecule has 0 amide bonds. The van der Waals surface area contributed by atoms with Crippen LogP contribution in [0, 0.1) is 10.1 Å². The van der Waals surface area contributed by atoms with Crippen LogP contribution >= 0.6 is 0 Å². The first-order chi connectivity index (χ1) is 12.0. The van der Waals surface area contributed by atoms with Gasteiger partial charge in [0.15, 0.2) is 0 Å². The maximum Gasteiger partial charge on any atom is 0.387 e. The van der Waals surface area contributed by atoms with Crippen molar-refractivity contribution in [3.63, 3.8) is 0 Å². The van der Waals surface area contributed by atoms with Gasteiger partial charge in [-0.1, -0.05) is 12.1 Å². The van der Waals surface area contributed by atoms with E-state index in [9.17, 15) is 18.9 Å². The van der Waals surface area contributed by atoms with Gasteiger partial charge in [0, 0.05) is 12.6 Å². The number of alkyl halides is 2. The Morgan fingerprint density at radius 3 is 2.88 bits per heavy atom. The van der Waals surface area contributed by atoms with Crippen molar-refractivity contribution < 1.29 is 18.4 Å². The van der Waals surface area contributed by atoms with Gasteiger partial charge < -0.3 is 15.4 Å². The van der Waals surface area contributed by atoms with Gasteiger partial charge in [0.25, 0.3) is 0 Å². The van der Waals surface area contributed by atoms with Crippen molar-refractivity contribution in [2.45, 2.75) is 32.0 Å². The number of hydrogen-bond donors (Lipinski definition) is 2. The molecule has 132 valence electrons. The number of nitrogens with one attached hydrogen (secondary N) is 2. The van der Waals surface area contributed by atoms with Crippen molar-refractivity contribution in [3.05, 3.63) is 46.1 Å². The molecule has 0 bridgehead atoms. The highest BCUT2D eigenvalue weighted by Crippen LogP contribution is 2.29. The summed E-state index contributed by atoms with van der Waals surface area (Å²) in [5.74, 6) is 0.420. The number of nitrogens with zero attached hydrogens (tertiary/aromatic N) is 3. The third-order valence-corrected chi connectivity index (χ3v) is 3.46. The van der Waals surface area contributed by atoms with Gasteiger partial charge in [0.1, 0.15) is 11.9 Å². The molecule has 0 radical (unpaired) electrons. The molecule has 2 aromatic rings. The number of ether oxygens (including phenoxy) is 1. The Hall–Kier alpha value is -3.04. The maximum absolute atomic E-state index is 12.2. The first kappa shape index (κ1) is 16.8. The molecule has 0 atom stereocenters. The van der Waals surface area contributed by atoms with Crippen molar-refractivity contribution in [2.24, 2.45) is 0 Å². The van der Waals surface area contributed by atoms with Crippen LogP contribution in [-0.2, 0) is 6.54 Å². The first-order valence-corrected chi connectivity index (χ1v) is 7.57. The third kappa shape index (κ3) is 4.72. The summed E-state index contributed by atoms with van der Waals surface area (Å²) in [6, 6.07) is 6.40. The average molecular weight is 351 g/mol. The Labute approximate surface area is 141 Å². The Kier molecular flexibility index (Phi) is 4.87. The third-order valence-electron chi connectivity index (χ3n) is 3.46. The molecular weight excluding hydrogens is 336 g/mol. The summed E-state index contributed by atoms with van der Waals surface area (Å²) >= 11 is 0. The van der Waals surface area contributed by atoms with E-state index in [2.05, 4.69) is 25.3 Å². The van der Waals surface area contributed by atoms with Gasteiger partial charge >= 0.3 is 12.3 Å². The molecule has 1 heterocycles. The predicted molar refractivity (Wildman–Crippen MR) is 85.7 cm³/mol. The van der Waals surface area contributed by atoms with E-state index in [1.165, 1.54) is 12.1 Å². The summed E-state index contributed by atoms with van der Waals surface area (Å²) < 4.78 is 28.8. The molecule has 0 spiro atoms. The molecular formula is C15H15F2N5O3. The Bertz CT molecular complexity index is 771. The highest BCUT2D eigenvalue weighted by atomic mass is 19.3. The van der Waals surface area contributed by atoms with Crippen molar-refractivity contribution in [1.82, 2.24) is 9.97 Å². The standard InChI is InChI=1S/C15H15F2N5O3/c16-14(17)25-11-3-1-2-9(6-11)7-18-15-19-8-12(22(23)24)13(21-15)20-10-4-5-10/h1-3,6,8,10,14H,4-5,7H2,(H2,18,19,20,21). The summed E-state index contributed by atoms with van der Waals surface area (Å²) in [5.41, 5.74) is 0.488. The minimum Gasteiger partial charge on any atom is -0.435 e. The van der Waals surface area contributed by atoms with Crippen LogP contribution in [0.25, 0.3) is 0 Å². The highest BCUT2D eigenvalue weighted by molar-refractivity contribution is 5.58. The second-order valence-electron chi connectivity index (χ2n) is 5.48. The lowest BCUT2D eigenvalue weighted by Gasteiger charge is -2.09. The minimum absolute atomic E-state index is 0.0509. The molecule has 25 heavy (non-hydrogen) atoms. The Morgan fingerprint density at radius 2 is 2.20 bits per heavy atom. The fourth-order valence-electron chi connectivity index (χ4n) is 2.13. The van der Waals surface area contributed by atoms with Crippen molar-refractivity contribution >= 4 is 17.5 Å². The summed E-state index contributed by atoms with van der Waals surface area (Å²) in [4.78, 5) is 18.5. The Balaban J connectivity index is 1.69. The van der Waals surface area contributed by atoms with Gasteiger partial charge in [0.2, 0.25) is 11.8 Å². The molecule has 1 saturated carbocycles. The summed E-state index contributed by atoms with van der Waals surface area (Å²) in [6.45, 7) is -2.64. The van der Waals surface area contributed by atoms with Crippen LogP contribution in [0.3, 0.4) is 0 Å². The predicted octanol–water partition coefficient (Wildman–Crippen LogP) is 3.17. The van der Waals surface area contributed by atoms with E-state index >= 15 is 0 Å². The van der Waals surface area contributed by atoms with Gasteiger partial charge in [-0.3, -0.25) is 10.1 Å². The molecule has 1 aliphatic carbocycles. The van der Waals surface area contributed by atoms with E-state index in [4.69, 9.17) is 0 Å². The zero-order chi connectivity index (χ0) is 17.8. The number of aromatic nitrogens is 2. The van der Waals surface area contributed by atoms with Gasteiger partial charge in [-0.05, 0) is 30.5 Å². The molecule has 3 rings (SSSR count). The monoisotopic (exact) mass is 351 g/mol. The zero-order valence-electron chi connectivity index (χ0n) is 13.0. The SMILES string of the molecule is O=[N+]([O-])c1cnc(NCc2cccc(OC(F)F)c2)nc1NC1CC1. The molecule has 0 unspecified atom stereocenters. The van der Waals surface area contributed by atoms with Crippen molar-refractivity contribution in [1.29, 1.82) is 0 Å². The molecule has 0 aliphatic heterocycles. The van der Waals surface area contributed by atoms with Crippen molar-refractivity contribution in [2.75, 3.05) is 10.6 Å². The number of halogens is 2. The quantitative estimate of drug-likeness (QED) is 0.556. The van der Waals surface area contributed by atoms with E-state index in [1.54, 1.807) is 12.1 Å². The lowest BCUT2D eigenvalue weighted by atomic mass is 10.2. The van der Waals surface area contributed by atoms with Gasteiger partial charge in [-0.15, -0.1) is 0 Å². The maximum atomic E-state index is 12.2. The Morgan fingerprint density at radius 1 is 1.40 bits per heavy atom. The van der Waals surface area contributed by atoms with E-state index in [0.29, 0.717) is 5.56 Å². The van der Waals surface area contributed by atoms with Crippen LogP contribution in [0.1, 0.15) is 18.4 Å². The molecule has 2 N–H and O–H groups in total. The largest absolute Gasteiger partial charge is 0.435 e. The van der Waals surface area contributed by atoms with Crippen LogP contribution in [-0.4, -0.2) is 27.5 Å². The topological polar surface area (TPSA) is 102 Å². The van der Waals surface area contributed by atoms with Crippen LogP contribution in [0.15, 0.2) is 30.5 Å². The van der Waals surface area contributed by atoms with E-state index in [0.717, 1.165) is 19.0 Å². The fourth-order valence-corrected chi connectivity index (χ4v) is 2.13. The number of rotatable bonds is 8. The minimum atomic E-state index is -2.89. The fraction of sp³-hybridized carbons (Fsp3) is 0.333. The first-order valence-electron chi connectivity index (χ1n) is 7.57. The smallest absolute Gasteiger partial charge is 0.387 e. The number of anilines is 2. The normalized spacial score (nSPS) is 13.6. The molecule has 8 nitrogen and oxygen atoms in total. The van der Waals surface area contributed by atoms with Crippen LogP contribution in [0.4, 0.5) is 26.2 Å². The second kappa shape index (κ2) is 7.24. The zero-order valence-corrected chi connectivity index (χ0v) is 13.0. The molecule has 0 saturated heterocycles. The summed E-state index contributed by atoms with van der Waals surface area (Å²) in [6.07, 6.45) is 3.03. The molecule has 1 fully saturated rings. The van der Waals surface area contributed by atoms with Gasteiger partial charge in [-0.25, -0.2) is 4.98 Å². The number of hydrogen-bond acceptors (Lipinski definition) is 7. The molecule has 1 aliphatic rings. The highest BCUT2D eigenvalue weighted by Gasteiger charge is 2.26. The van der Waals surface area contributed by atoms with Gasteiger partial charge in [-0.2, -0.15) is 13.8 Å². The summed E-state index contributed by atoms with van der Waals surface area (Å²) in [7, 11) is 0. The van der Waals surface area contributed by atoms with Crippen LogP contribution in [0.2, 0.25) is 0 Å². The molecule has 1 aromatic carbocycles. The van der Waals surface area contributed by atoms with Crippen molar-refractivity contribution in [3.8, 4) is 5.75 Å².